The van der Waals surface area contributed by atoms with Crippen molar-refractivity contribution in [1.29, 1.82) is 0 Å². The van der Waals surface area contributed by atoms with Crippen LogP contribution in [0.4, 0.5) is 14.6 Å². The number of nitrogens with one attached hydrogen (secondary N) is 1. The molecule has 3 aromatic rings. The molecule has 0 saturated heterocycles. The van der Waals surface area contributed by atoms with E-state index in [0.717, 1.165) is 10.2 Å². The number of pyridine rings is 1. The van der Waals surface area contributed by atoms with Crippen LogP contribution in [0.25, 0.3) is 21.7 Å². The van der Waals surface area contributed by atoms with Gasteiger partial charge < -0.3 is 5.32 Å². The van der Waals surface area contributed by atoms with Crippen LogP contribution in [0.3, 0.4) is 0 Å². The molecular formula is C17H16F2N4S. The van der Waals surface area contributed by atoms with E-state index in [9.17, 15) is 8.78 Å². The molecule has 4 rings (SSSR count). The van der Waals surface area contributed by atoms with Gasteiger partial charge in [0, 0.05) is 25.1 Å². The summed E-state index contributed by atoms with van der Waals surface area (Å²) >= 11 is 1.53. The molecule has 0 spiro atoms. The first-order chi connectivity index (χ1) is 11.6. The quantitative estimate of drug-likeness (QED) is 0.744. The second-order valence-electron chi connectivity index (χ2n) is 6.02. The maximum absolute atomic E-state index is 13.3. The van der Waals surface area contributed by atoms with E-state index in [1.807, 2.05) is 29.6 Å². The van der Waals surface area contributed by atoms with E-state index in [-0.39, 0.29) is 18.9 Å². The van der Waals surface area contributed by atoms with Gasteiger partial charge in [-0.25, -0.2) is 18.7 Å². The normalized spacial score (nSPS) is 17.9. The summed E-state index contributed by atoms with van der Waals surface area (Å²) in [6, 6.07) is 7.57. The third-order valence-electron chi connectivity index (χ3n) is 4.28. The lowest BCUT2D eigenvalue weighted by atomic mass is 9.92. The highest BCUT2D eigenvalue weighted by Gasteiger charge is 2.35. The minimum absolute atomic E-state index is 0.0132. The number of thiophene rings is 1. The van der Waals surface area contributed by atoms with E-state index in [1.165, 1.54) is 11.3 Å². The number of aromatic nitrogens is 3. The lowest BCUT2D eigenvalue weighted by Crippen LogP contribution is -2.32. The van der Waals surface area contributed by atoms with Crippen molar-refractivity contribution in [3.05, 3.63) is 35.8 Å². The maximum atomic E-state index is 13.3. The van der Waals surface area contributed by atoms with Crippen molar-refractivity contribution in [3.8, 4) is 11.5 Å². The van der Waals surface area contributed by atoms with Gasteiger partial charge in [0.2, 0.25) is 5.92 Å². The van der Waals surface area contributed by atoms with Gasteiger partial charge >= 0.3 is 0 Å². The van der Waals surface area contributed by atoms with Crippen molar-refractivity contribution in [1.82, 2.24) is 15.0 Å². The molecular weight excluding hydrogens is 330 g/mol. The summed E-state index contributed by atoms with van der Waals surface area (Å²) in [7, 11) is 0. The SMILES string of the molecule is FC1(F)CCC(Nc2nc(-c3ccccn3)nc3sccc23)CC1. The number of alkyl halides is 2. The number of nitrogens with zero attached hydrogens (tertiary/aromatic N) is 3. The zero-order valence-electron chi connectivity index (χ0n) is 12.9. The average Bonchev–Trinajstić information content (AvgIpc) is 3.06. The second kappa shape index (κ2) is 6.05. The van der Waals surface area contributed by atoms with E-state index < -0.39 is 5.92 Å². The van der Waals surface area contributed by atoms with Crippen molar-refractivity contribution < 1.29 is 8.78 Å². The Balaban J connectivity index is 1.66. The van der Waals surface area contributed by atoms with Gasteiger partial charge in [-0.2, -0.15) is 0 Å². The Hall–Kier alpha value is -2.15. The molecule has 0 radical (unpaired) electrons. The minimum atomic E-state index is -2.53. The van der Waals surface area contributed by atoms with Gasteiger partial charge in [0.25, 0.3) is 0 Å². The zero-order chi connectivity index (χ0) is 16.6. The fourth-order valence-electron chi connectivity index (χ4n) is 2.95. The van der Waals surface area contributed by atoms with Crippen molar-refractivity contribution in [2.75, 3.05) is 5.32 Å². The monoisotopic (exact) mass is 346 g/mol. The Labute approximate surface area is 142 Å². The zero-order valence-corrected chi connectivity index (χ0v) is 13.7. The number of rotatable bonds is 3. The summed E-state index contributed by atoms with van der Waals surface area (Å²) in [5.41, 5.74) is 0.700. The molecule has 1 N–H and O–H groups in total. The van der Waals surface area contributed by atoms with Crippen LogP contribution in [0.2, 0.25) is 0 Å². The van der Waals surface area contributed by atoms with Crippen LogP contribution < -0.4 is 5.32 Å². The lowest BCUT2D eigenvalue weighted by Gasteiger charge is -2.29. The smallest absolute Gasteiger partial charge is 0.248 e. The van der Waals surface area contributed by atoms with Gasteiger partial charge in [0.1, 0.15) is 16.3 Å². The molecule has 0 aromatic carbocycles. The first-order valence-corrected chi connectivity index (χ1v) is 8.80. The minimum Gasteiger partial charge on any atom is -0.367 e. The Morgan fingerprint density at radius 3 is 2.71 bits per heavy atom. The van der Waals surface area contributed by atoms with Crippen LogP contribution in [-0.2, 0) is 0 Å². The average molecular weight is 346 g/mol. The van der Waals surface area contributed by atoms with Crippen LogP contribution >= 0.6 is 11.3 Å². The van der Waals surface area contributed by atoms with Gasteiger partial charge in [-0.1, -0.05) is 6.07 Å². The first-order valence-electron chi connectivity index (χ1n) is 7.92. The van der Waals surface area contributed by atoms with E-state index in [1.54, 1.807) is 6.20 Å². The van der Waals surface area contributed by atoms with E-state index >= 15 is 0 Å². The van der Waals surface area contributed by atoms with Gasteiger partial charge in [-0.15, -0.1) is 11.3 Å². The molecule has 1 saturated carbocycles. The molecule has 1 aliphatic carbocycles. The maximum Gasteiger partial charge on any atom is 0.248 e. The van der Waals surface area contributed by atoms with E-state index in [2.05, 4.69) is 20.3 Å². The molecule has 24 heavy (non-hydrogen) atoms. The first kappa shape index (κ1) is 15.4. The Morgan fingerprint density at radius 1 is 1.12 bits per heavy atom. The molecule has 0 unspecified atom stereocenters. The van der Waals surface area contributed by atoms with Crippen LogP contribution in [0.1, 0.15) is 25.7 Å². The molecule has 124 valence electrons. The van der Waals surface area contributed by atoms with Crippen molar-refractivity contribution in [2.45, 2.75) is 37.6 Å². The van der Waals surface area contributed by atoms with Gasteiger partial charge in [0.05, 0.1) is 5.39 Å². The second-order valence-corrected chi connectivity index (χ2v) is 6.92. The highest BCUT2D eigenvalue weighted by atomic mass is 32.1. The highest BCUT2D eigenvalue weighted by Crippen LogP contribution is 2.35. The van der Waals surface area contributed by atoms with E-state index in [4.69, 9.17) is 0 Å². The van der Waals surface area contributed by atoms with E-state index in [0.29, 0.717) is 30.2 Å². The number of hydrogen-bond donors (Lipinski definition) is 1. The van der Waals surface area contributed by atoms with Crippen LogP contribution in [-0.4, -0.2) is 26.9 Å². The fourth-order valence-corrected chi connectivity index (χ4v) is 3.72. The summed E-state index contributed by atoms with van der Waals surface area (Å²) < 4.78 is 26.7. The number of hydrogen-bond acceptors (Lipinski definition) is 5. The van der Waals surface area contributed by atoms with Crippen LogP contribution in [0.5, 0.6) is 0 Å². The van der Waals surface area contributed by atoms with Crippen molar-refractivity contribution in [3.63, 3.8) is 0 Å². The summed E-state index contributed by atoms with van der Waals surface area (Å²) in [5.74, 6) is -1.27. The van der Waals surface area contributed by atoms with Crippen LogP contribution in [0.15, 0.2) is 35.8 Å². The number of anilines is 1. The molecule has 3 aromatic heterocycles. The van der Waals surface area contributed by atoms with Gasteiger partial charge in [0.15, 0.2) is 5.82 Å². The molecule has 1 fully saturated rings. The van der Waals surface area contributed by atoms with Gasteiger partial charge in [-0.05, 0) is 36.4 Å². The number of halogens is 2. The Morgan fingerprint density at radius 2 is 1.96 bits per heavy atom. The van der Waals surface area contributed by atoms with Crippen LogP contribution in [0, 0.1) is 0 Å². The predicted octanol–water partition coefficient (Wildman–Crippen LogP) is 4.74. The fraction of sp³-hybridized carbons (Fsp3) is 0.353. The molecule has 0 atom stereocenters. The Kier molecular flexibility index (Phi) is 3.88. The number of fused-ring (bicyclic) bond motifs is 1. The third kappa shape index (κ3) is 3.08. The molecule has 3 heterocycles. The van der Waals surface area contributed by atoms with Crippen molar-refractivity contribution in [2.24, 2.45) is 0 Å². The summed E-state index contributed by atoms with van der Waals surface area (Å²) in [4.78, 5) is 14.3. The summed E-state index contributed by atoms with van der Waals surface area (Å²) in [6.07, 6.45) is 2.45. The predicted molar refractivity (Wildman–Crippen MR) is 91.5 cm³/mol. The summed E-state index contributed by atoms with van der Waals surface area (Å²) in [6.45, 7) is 0. The highest BCUT2D eigenvalue weighted by molar-refractivity contribution is 7.16. The summed E-state index contributed by atoms with van der Waals surface area (Å²) in [5, 5.41) is 6.24. The molecule has 7 heteroatoms. The third-order valence-corrected chi connectivity index (χ3v) is 5.08. The van der Waals surface area contributed by atoms with Gasteiger partial charge in [-0.3, -0.25) is 4.98 Å². The van der Waals surface area contributed by atoms with Crippen molar-refractivity contribution >= 4 is 27.4 Å². The molecule has 0 bridgehead atoms. The molecule has 4 nitrogen and oxygen atoms in total. The molecule has 1 aliphatic rings. The topological polar surface area (TPSA) is 50.7 Å². The Bertz CT molecular complexity index is 840. The molecule has 0 aliphatic heterocycles. The standard InChI is InChI=1S/C17H16F2N4S/c18-17(19)7-4-11(5-8-17)21-14-12-6-10-24-16(12)23-15(22-14)13-3-1-2-9-20-13/h1-3,6,9-11H,4-5,7-8H2,(H,21,22,23). The lowest BCUT2D eigenvalue weighted by molar-refractivity contribution is -0.0361. The molecule has 0 amide bonds. The largest absolute Gasteiger partial charge is 0.367 e.